The third-order valence-corrected chi connectivity index (χ3v) is 4.81. The lowest BCUT2D eigenvalue weighted by Crippen LogP contribution is -2.12. The monoisotopic (exact) mass is 336 g/mol. The van der Waals surface area contributed by atoms with E-state index >= 15 is 0 Å². The highest BCUT2D eigenvalue weighted by molar-refractivity contribution is 5.38. The number of rotatable bonds is 7. The first-order chi connectivity index (χ1) is 12.2. The fourth-order valence-electron chi connectivity index (χ4n) is 3.65. The number of aromatic nitrogens is 4. The summed E-state index contributed by atoms with van der Waals surface area (Å²) in [5.41, 5.74) is 6.44. The molecular weight excluding hydrogens is 308 g/mol. The van der Waals surface area contributed by atoms with Crippen LogP contribution in [0.25, 0.3) is 0 Å². The number of nitrogens with zero attached hydrogens (tertiary/aromatic N) is 3. The number of hydrogen-bond acceptors (Lipinski definition) is 2. The Bertz CT molecular complexity index is 785. The molecule has 0 saturated heterocycles. The Hall–Kier alpha value is -2.36. The quantitative estimate of drug-likeness (QED) is 0.680. The second-order valence-electron chi connectivity index (χ2n) is 6.80. The van der Waals surface area contributed by atoms with E-state index in [1.165, 1.54) is 22.5 Å². The third-order valence-electron chi connectivity index (χ3n) is 4.81. The maximum atomic E-state index is 4.95. The van der Waals surface area contributed by atoms with Crippen LogP contribution in [0.2, 0.25) is 0 Å². The number of hydrogen-bond donors (Lipinski definition) is 1. The van der Waals surface area contributed by atoms with E-state index in [4.69, 9.17) is 5.10 Å². The van der Waals surface area contributed by atoms with Gasteiger partial charge < -0.3 is 4.98 Å². The van der Waals surface area contributed by atoms with Crippen LogP contribution in [0, 0.1) is 0 Å². The second-order valence-corrected chi connectivity index (χ2v) is 6.80. The van der Waals surface area contributed by atoms with Crippen LogP contribution in [0.5, 0.6) is 0 Å². The number of aryl methyl sites for hydroxylation is 1. The second kappa shape index (κ2) is 7.68. The van der Waals surface area contributed by atoms with Gasteiger partial charge in [0.25, 0.3) is 0 Å². The average molecular weight is 336 g/mol. The van der Waals surface area contributed by atoms with Crippen LogP contribution in [-0.2, 0) is 19.3 Å². The van der Waals surface area contributed by atoms with Crippen molar-refractivity contribution in [2.45, 2.75) is 58.9 Å². The molecule has 0 radical (unpaired) electrons. The van der Waals surface area contributed by atoms with Gasteiger partial charge in [-0.2, -0.15) is 5.10 Å². The largest absolute Gasteiger partial charge is 0.348 e. The van der Waals surface area contributed by atoms with Crippen LogP contribution in [0.3, 0.4) is 0 Å². The number of benzene rings is 1. The molecule has 4 heteroatoms. The predicted molar refractivity (Wildman–Crippen MR) is 102 cm³/mol. The normalized spacial score (nSPS) is 12.7. The van der Waals surface area contributed by atoms with Gasteiger partial charge in [-0.3, -0.25) is 4.68 Å². The number of imidazole rings is 1. The summed E-state index contributed by atoms with van der Waals surface area (Å²) in [5, 5.41) is 4.95. The smallest absolute Gasteiger partial charge is 0.0921 e. The molecule has 2 aromatic heterocycles. The summed E-state index contributed by atoms with van der Waals surface area (Å²) in [6.07, 6.45) is 6.62. The zero-order valence-corrected chi connectivity index (χ0v) is 15.7. The molecule has 3 rings (SSSR count). The highest BCUT2D eigenvalue weighted by Gasteiger charge is 2.26. The van der Waals surface area contributed by atoms with Gasteiger partial charge in [-0.05, 0) is 38.7 Å². The summed E-state index contributed by atoms with van der Waals surface area (Å²) < 4.78 is 2.21. The lowest BCUT2D eigenvalue weighted by atomic mass is 9.86. The van der Waals surface area contributed by atoms with Gasteiger partial charge in [-0.1, -0.05) is 44.2 Å². The molecule has 0 spiro atoms. The van der Waals surface area contributed by atoms with E-state index in [2.05, 4.69) is 72.7 Å². The zero-order chi connectivity index (χ0) is 17.8. The van der Waals surface area contributed by atoms with Gasteiger partial charge in [0.05, 0.1) is 12.0 Å². The van der Waals surface area contributed by atoms with E-state index in [0.717, 1.165) is 25.0 Å². The van der Waals surface area contributed by atoms with Gasteiger partial charge >= 0.3 is 0 Å². The van der Waals surface area contributed by atoms with Crippen LogP contribution in [0.1, 0.15) is 67.9 Å². The highest BCUT2D eigenvalue weighted by atomic mass is 15.3. The Morgan fingerprint density at radius 1 is 1.08 bits per heavy atom. The number of H-pyrrole nitrogens is 1. The molecule has 3 aromatic rings. The van der Waals surface area contributed by atoms with Crippen LogP contribution in [-0.4, -0.2) is 19.7 Å². The Balaban J connectivity index is 2.13. The summed E-state index contributed by atoms with van der Waals surface area (Å²) in [6.45, 7) is 8.84. The fraction of sp³-hybridized carbons (Fsp3) is 0.429. The molecule has 132 valence electrons. The third kappa shape index (κ3) is 3.53. The minimum atomic E-state index is 0.252. The van der Waals surface area contributed by atoms with E-state index in [0.29, 0.717) is 6.04 Å². The van der Waals surface area contributed by atoms with Crippen molar-refractivity contribution in [1.29, 1.82) is 0 Å². The molecule has 0 aliphatic heterocycles. The minimum Gasteiger partial charge on any atom is -0.348 e. The summed E-state index contributed by atoms with van der Waals surface area (Å²) in [6, 6.07) is 11.1. The first-order valence-electron chi connectivity index (χ1n) is 9.28. The maximum Gasteiger partial charge on any atom is 0.0921 e. The molecule has 2 heterocycles. The first-order valence-corrected chi connectivity index (χ1v) is 9.28. The van der Waals surface area contributed by atoms with E-state index in [-0.39, 0.29) is 5.92 Å². The van der Waals surface area contributed by atoms with Gasteiger partial charge in [0.2, 0.25) is 0 Å². The Kier molecular flexibility index (Phi) is 5.37. The molecule has 0 saturated carbocycles. The van der Waals surface area contributed by atoms with Crippen LogP contribution >= 0.6 is 0 Å². The molecule has 0 fully saturated rings. The van der Waals surface area contributed by atoms with Crippen molar-refractivity contribution in [2.75, 3.05) is 0 Å². The van der Waals surface area contributed by atoms with E-state index in [1.807, 2.05) is 6.20 Å². The zero-order valence-electron chi connectivity index (χ0n) is 15.7. The van der Waals surface area contributed by atoms with Gasteiger partial charge in [0.1, 0.15) is 0 Å². The standard InChI is InChI=1S/C21H28N4/c1-5-18-21(20(6-2)25(24-18)15(3)4)17(19-13-22-14-23-19)12-16-10-8-7-9-11-16/h7-11,13-15,17H,5-6,12H2,1-4H3,(H,22,23). The molecule has 25 heavy (non-hydrogen) atoms. The topological polar surface area (TPSA) is 46.5 Å². The van der Waals surface area contributed by atoms with E-state index in [9.17, 15) is 0 Å². The number of nitrogens with one attached hydrogen (secondary N) is 1. The Morgan fingerprint density at radius 3 is 2.40 bits per heavy atom. The summed E-state index contributed by atoms with van der Waals surface area (Å²) in [7, 11) is 0. The molecular formula is C21H28N4. The molecule has 1 unspecified atom stereocenters. The highest BCUT2D eigenvalue weighted by Crippen LogP contribution is 2.34. The van der Waals surface area contributed by atoms with Crippen molar-refractivity contribution in [3.05, 3.63) is 71.1 Å². The first kappa shape index (κ1) is 17.5. The Labute approximate surface area is 150 Å². The molecule has 0 amide bonds. The molecule has 1 atom stereocenters. The minimum absolute atomic E-state index is 0.252. The van der Waals surface area contributed by atoms with Crippen molar-refractivity contribution < 1.29 is 0 Å². The van der Waals surface area contributed by atoms with Crippen molar-refractivity contribution in [3.8, 4) is 0 Å². The average Bonchev–Trinajstić information content (AvgIpc) is 3.28. The summed E-state index contributed by atoms with van der Waals surface area (Å²) >= 11 is 0. The van der Waals surface area contributed by atoms with Gasteiger partial charge in [-0.15, -0.1) is 0 Å². The predicted octanol–water partition coefficient (Wildman–Crippen LogP) is 4.69. The van der Waals surface area contributed by atoms with Crippen molar-refractivity contribution in [3.63, 3.8) is 0 Å². The lowest BCUT2D eigenvalue weighted by molar-refractivity contribution is 0.506. The van der Waals surface area contributed by atoms with Crippen molar-refractivity contribution in [1.82, 2.24) is 19.7 Å². The summed E-state index contributed by atoms with van der Waals surface area (Å²) in [4.78, 5) is 7.63. The van der Waals surface area contributed by atoms with Crippen LogP contribution < -0.4 is 0 Å². The molecule has 1 aromatic carbocycles. The number of aromatic amines is 1. The fourth-order valence-corrected chi connectivity index (χ4v) is 3.65. The van der Waals surface area contributed by atoms with Crippen molar-refractivity contribution in [2.24, 2.45) is 0 Å². The molecule has 0 aliphatic rings. The van der Waals surface area contributed by atoms with Gasteiger partial charge in [0.15, 0.2) is 0 Å². The molecule has 4 nitrogen and oxygen atoms in total. The van der Waals surface area contributed by atoms with Crippen LogP contribution in [0.4, 0.5) is 0 Å². The maximum absolute atomic E-state index is 4.95. The lowest BCUT2D eigenvalue weighted by Gasteiger charge is -2.19. The van der Waals surface area contributed by atoms with Crippen molar-refractivity contribution >= 4 is 0 Å². The SMILES string of the molecule is CCc1nn(C(C)C)c(CC)c1C(Cc1ccccc1)c1cnc[nH]1. The van der Waals surface area contributed by atoms with E-state index in [1.54, 1.807) is 6.33 Å². The van der Waals surface area contributed by atoms with Gasteiger partial charge in [0, 0.05) is 35.1 Å². The molecule has 1 N–H and O–H groups in total. The summed E-state index contributed by atoms with van der Waals surface area (Å²) in [5.74, 6) is 0.252. The van der Waals surface area contributed by atoms with E-state index < -0.39 is 0 Å². The Morgan fingerprint density at radius 2 is 1.84 bits per heavy atom. The van der Waals surface area contributed by atoms with Crippen LogP contribution in [0.15, 0.2) is 42.9 Å². The molecule has 0 aliphatic carbocycles. The molecule has 0 bridgehead atoms. The van der Waals surface area contributed by atoms with Gasteiger partial charge in [-0.25, -0.2) is 4.98 Å².